The fourth-order valence-electron chi connectivity index (χ4n) is 0.113. The van der Waals surface area contributed by atoms with E-state index in [1.54, 1.807) is 0 Å². The zero-order chi connectivity index (χ0) is 4.57. The van der Waals surface area contributed by atoms with E-state index in [0.717, 1.165) is 0 Å². The molecule has 1 aliphatic heterocycles. The minimum Gasteiger partial charge on any atom is -0.257 e. The fourth-order valence-corrected chi connectivity index (χ4v) is 0.113. The lowest BCUT2D eigenvalue weighted by atomic mass is 11.5. The molecule has 1 saturated heterocycles. The molecule has 1 atom stereocenters. The summed E-state index contributed by atoms with van der Waals surface area (Å²) in [5.41, 5.74) is -1.11. The lowest BCUT2D eigenvalue weighted by molar-refractivity contribution is -0.301. The molecular weight excluding hydrogens is 94.0 g/mol. The van der Waals surface area contributed by atoms with Crippen LogP contribution in [0.1, 0.15) is 0 Å². The first-order valence-corrected chi connectivity index (χ1v) is 1.33. The number of hydrogen-bond donors (Lipinski definition) is 0. The highest BCUT2D eigenvalue weighted by atomic mass is 19.4. The Morgan fingerprint density at radius 3 is 2.17 bits per heavy atom. The van der Waals surface area contributed by atoms with Crippen molar-refractivity contribution in [2.45, 2.75) is 0 Å². The Kier molecular flexibility index (Phi) is 0.722. The minimum atomic E-state index is -1.11. The van der Waals surface area contributed by atoms with Gasteiger partial charge in [-0.3, -0.25) is 4.84 Å². The van der Waals surface area contributed by atoms with E-state index in [2.05, 4.69) is 4.84 Å². The van der Waals surface area contributed by atoms with Crippen LogP contribution >= 0.6 is 0 Å². The molecule has 1 fully saturated rings. The summed E-state index contributed by atoms with van der Waals surface area (Å²) in [5, 5.41) is 0.417. The number of hydrogen-bond acceptors (Lipinski definition) is 3. The molecule has 0 amide bonds. The van der Waals surface area contributed by atoms with Crippen molar-refractivity contribution >= 4 is 0 Å². The van der Waals surface area contributed by atoms with E-state index in [1.165, 1.54) is 0 Å². The third-order valence-corrected chi connectivity index (χ3v) is 0.413. The molecule has 0 radical (unpaired) electrons. The Hall–Kier alpha value is -0.260. The monoisotopic (exact) mass is 96.0 g/mol. The second-order valence-corrected chi connectivity index (χ2v) is 0.825. The highest BCUT2D eigenvalue weighted by Gasteiger charge is 2.27. The summed E-state index contributed by atoms with van der Waals surface area (Å²) in [5.74, 6) is 0. The van der Waals surface area contributed by atoms with E-state index >= 15 is 0 Å². The largest absolute Gasteiger partial charge is 0.257 e. The van der Waals surface area contributed by atoms with Crippen molar-refractivity contribution in [1.29, 1.82) is 0 Å². The second-order valence-electron chi connectivity index (χ2n) is 0.825. The first-order valence-electron chi connectivity index (χ1n) is 1.33. The number of nitrogens with zero attached hydrogens (tertiary/aromatic N) is 2. The molecule has 1 heterocycles. The molecule has 0 N–H and O–H groups in total. The number of halogens is 2. The third kappa shape index (κ3) is 0.618. The molecule has 1 aliphatic rings. The molecule has 0 saturated carbocycles. The molecule has 3 nitrogen and oxygen atoms in total. The molecule has 0 aromatic rings. The summed E-state index contributed by atoms with van der Waals surface area (Å²) in [6, 6.07) is 0. The maximum absolute atomic E-state index is 10.9. The van der Waals surface area contributed by atoms with Gasteiger partial charge in [0.1, 0.15) is 5.45 Å². The Morgan fingerprint density at radius 2 is 2.17 bits per heavy atom. The third-order valence-electron chi connectivity index (χ3n) is 0.413. The second kappa shape index (κ2) is 1.11. The van der Waals surface area contributed by atoms with E-state index < -0.39 is 5.45 Å². The molecule has 36 valence electrons. The summed E-state index contributed by atoms with van der Waals surface area (Å²) in [4.78, 5) is 3.98. The highest BCUT2D eigenvalue weighted by molar-refractivity contribution is 4.23. The Balaban J connectivity index is 2.13. The molecule has 5 heteroatoms. The average Bonchev–Trinajstić information content (AvgIpc) is 2.06. The molecular formula is CH2F2N2O. The van der Waals surface area contributed by atoms with Gasteiger partial charge in [0.25, 0.3) is 0 Å². The van der Waals surface area contributed by atoms with Crippen LogP contribution in [0.3, 0.4) is 0 Å². The van der Waals surface area contributed by atoms with Gasteiger partial charge in [-0.1, -0.05) is 8.96 Å². The number of hydroxylamine groups is 1. The van der Waals surface area contributed by atoms with Crippen LogP contribution in [0.4, 0.5) is 8.96 Å². The van der Waals surface area contributed by atoms with Gasteiger partial charge in [0.2, 0.25) is 0 Å². The molecule has 0 aliphatic carbocycles. The van der Waals surface area contributed by atoms with Crippen LogP contribution in [0.5, 0.6) is 0 Å². The molecule has 0 aromatic heterocycles. The predicted molar refractivity (Wildman–Crippen MR) is 11.8 cm³/mol. The predicted octanol–water partition coefficient (Wildman–Crippen LogP) is 0.177. The van der Waals surface area contributed by atoms with Crippen molar-refractivity contribution in [3.8, 4) is 0 Å². The van der Waals surface area contributed by atoms with Gasteiger partial charge in [0, 0.05) is 0 Å². The zero-order valence-electron chi connectivity index (χ0n) is 2.77. The standard InChI is InChI=1S/CH2F2N2O/c2-5(3)4-1-6-4/h1H2. The summed E-state index contributed by atoms with van der Waals surface area (Å²) in [6.45, 7) is 0.00694. The summed E-state index contributed by atoms with van der Waals surface area (Å²) in [6.07, 6.45) is 0. The SMILES string of the molecule is FN(F)N1CO1. The van der Waals surface area contributed by atoms with Crippen molar-refractivity contribution in [2.24, 2.45) is 0 Å². The lowest BCUT2D eigenvalue weighted by Crippen LogP contribution is -2.06. The van der Waals surface area contributed by atoms with Gasteiger partial charge in [0.15, 0.2) is 6.73 Å². The number of hydrazine groups is 1. The smallest absolute Gasteiger partial charge is 0.167 e. The zero-order valence-corrected chi connectivity index (χ0v) is 2.77. The van der Waals surface area contributed by atoms with Gasteiger partial charge in [-0.15, -0.1) is 0 Å². The van der Waals surface area contributed by atoms with Gasteiger partial charge in [-0.05, 0) is 5.17 Å². The van der Waals surface area contributed by atoms with Crippen LogP contribution < -0.4 is 0 Å². The van der Waals surface area contributed by atoms with Gasteiger partial charge in [-0.2, -0.15) is 0 Å². The van der Waals surface area contributed by atoms with Gasteiger partial charge in [0.05, 0.1) is 0 Å². The summed E-state index contributed by atoms with van der Waals surface area (Å²) >= 11 is 0. The van der Waals surface area contributed by atoms with E-state index in [4.69, 9.17) is 0 Å². The van der Waals surface area contributed by atoms with Crippen molar-refractivity contribution in [3.63, 3.8) is 0 Å². The normalized spacial score (nSPS) is 31.5. The van der Waals surface area contributed by atoms with Crippen molar-refractivity contribution < 1.29 is 13.8 Å². The summed E-state index contributed by atoms with van der Waals surface area (Å²) < 4.78 is 21.7. The van der Waals surface area contributed by atoms with Crippen LogP contribution in [-0.4, -0.2) is 17.4 Å². The summed E-state index contributed by atoms with van der Waals surface area (Å²) in [7, 11) is 0. The Morgan fingerprint density at radius 1 is 1.67 bits per heavy atom. The molecule has 1 unspecified atom stereocenters. The quantitative estimate of drug-likeness (QED) is 0.342. The number of rotatable bonds is 1. The highest BCUT2D eigenvalue weighted by Crippen LogP contribution is 2.11. The van der Waals surface area contributed by atoms with E-state index in [0.29, 0.717) is 5.17 Å². The van der Waals surface area contributed by atoms with Crippen molar-refractivity contribution in [2.75, 3.05) is 6.73 Å². The van der Waals surface area contributed by atoms with Gasteiger partial charge < -0.3 is 0 Å². The maximum Gasteiger partial charge on any atom is 0.167 e. The fraction of sp³-hybridized carbons (Fsp3) is 1.00. The Labute approximate surface area is 32.5 Å². The van der Waals surface area contributed by atoms with Crippen molar-refractivity contribution in [1.82, 2.24) is 10.6 Å². The minimum absolute atomic E-state index is 0.00694. The molecule has 6 heavy (non-hydrogen) atoms. The topological polar surface area (TPSA) is 18.8 Å². The Bertz CT molecular complexity index is 53.5. The van der Waals surface area contributed by atoms with Crippen LogP contribution in [0, 0.1) is 0 Å². The first-order chi connectivity index (χ1) is 2.80. The molecule has 0 bridgehead atoms. The lowest BCUT2D eigenvalue weighted by Gasteiger charge is -1.88. The van der Waals surface area contributed by atoms with Crippen LogP contribution in [-0.2, 0) is 4.84 Å². The molecule has 0 spiro atoms. The molecule has 0 aromatic carbocycles. The van der Waals surface area contributed by atoms with Crippen LogP contribution in [0.2, 0.25) is 0 Å². The van der Waals surface area contributed by atoms with E-state index in [-0.39, 0.29) is 6.73 Å². The molecule has 1 rings (SSSR count). The van der Waals surface area contributed by atoms with Gasteiger partial charge in [-0.25, -0.2) is 0 Å². The van der Waals surface area contributed by atoms with Crippen LogP contribution in [0.25, 0.3) is 0 Å². The van der Waals surface area contributed by atoms with E-state index in [1.807, 2.05) is 0 Å². The van der Waals surface area contributed by atoms with Crippen LogP contribution in [0.15, 0.2) is 0 Å². The van der Waals surface area contributed by atoms with Crippen molar-refractivity contribution in [3.05, 3.63) is 0 Å². The maximum atomic E-state index is 10.9. The average molecular weight is 96.0 g/mol. The van der Waals surface area contributed by atoms with Gasteiger partial charge >= 0.3 is 0 Å². The first kappa shape index (κ1) is 3.91. The van der Waals surface area contributed by atoms with E-state index in [9.17, 15) is 8.96 Å².